The van der Waals surface area contributed by atoms with Crippen LogP contribution in [-0.2, 0) is 16.0 Å². The first-order valence-electron chi connectivity index (χ1n) is 6.01. The van der Waals surface area contributed by atoms with Gasteiger partial charge in [0.25, 0.3) is 0 Å². The lowest BCUT2D eigenvalue weighted by Gasteiger charge is -2.22. The third kappa shape index (κ3) is 3.42. The highest BCUT2D eigenvalue weighted by Gasteiger charge is 2.30. The molecule has 2 rings (SSSR count). The van der Waals surface area contributed by atoms with E-state index in [4.69, 9.17) is 14.0 Å². The van der Waals surface area contributed by atoms with Crippen LogP contribution in [0.25, 0.3) is 0 Å². The first kappa shape index (κ1) is 13.8. The zero-order valence-corrected chi connectivity index (χ0v) is 11.3. The van der Waals surface area contributed by atoms with Gasteiger partial charge in [0.2, 0.25) is 5.89 Å². The molecule has 0 aromatic carbocycles. The Morgan fingerprint density at radius 3 is 3.00 bits per heavy atom. The first-order chi connectivity index (χ1) is 9.10. The number of hydrogen-bond acceptors (Lipinski definition) is 6. The number of nitrogens with zero attached hydrogens (tertiary/aromatic N) is 3. The maximum Gasteiger partial charge on any atom is 0.317 e. The summed E-state index contributed by atoms with van der Waals surface area (Å²) in [7, 11) is 3.26. The van der Waals surface area contributed by atoms with Crippen LogP contribution in [0.2, 0.25) is 0 Å². The summed E-state index contributed by atoms with van der Waals surface area (Å²) >= 11 is 0. The van der Waals surface area contributed by atoms with Gasteiger partial charge >= 0.3 is 6.03 Å². The fourth-order valence-corrected chi connectivity index (χ4v) is 1.85. The van der Waals surface area contributed by atoms with Gasteiger partial charge in [-0.25, -0.2) is 4.79 Å². The zero-order valence-electron chi connectivity index (χ0n) is 11.3. The molecule has 1 aromatic heterocycles. The van der Waals surface area contributed by atoms with E-state index in [1.807, 2.05) is 0 Å². The van der Waals surface area contributed by atoms with Crippen LogP contribution in [0.4, 0.5) is 4.79 Å². The summed E-state index contributed by atoms with van der Waals surface area (Å²) in [5, 5.41) is 6.53. The average molecular weight is 270 g/mol. The van der Waals surface area contributed by atoms with E-state index in [0.29, 0.717) is 24.9 Å². The largest absolute Gasteiger partial charge is 0.377 e. The summed E-state index contributed by atoms with van der Waals surface area (Å²) in [5.74, 6) is 0.952. The van der Waals surface area contributed by atoms with Crippen LogP contribution in [0.5, 0.6) is 0 Å². The van der Waals surface area contributed by atoms with Gasteiger partial charge in [0.1, 0.15) is 12.6 Å². The van der Waals surface area contributed by atoms with Crippen molar-refractivity contribution in [1.29, 1.82) is 0 Å². The second kappa shape index (κ2) is 5.98. The molecule has 1 fully saturated rings. The molecule has 0 unspecified atom stereocenters. The highest BCUT2D eigenvalue weighted by molar-refractivity contribution is 5.74. The molecule has 1 aliphatic heterocycles. The van der Waals surface area contributed by atoms with Crippen molar-refractivity contribution in [3.8, 4) is 0 Å². The quantitative estimate of drug-likeness (QED) is 0.824. The molecule has 1 N–H and O–H groups in total. The molecule has 0 radical (unpaired) electrons. The number of amides is 2. The number of nitrogens with one attached hydrogen (secondary N) is 1. The lowest BCUT2D eigenvalue weighted by Crippen LogP contribution is -2.48. The van der Waals surface area contributed by atoms with Crippen molar-refractivity contribution in [2.45, 2.75) is 25.6 Å². The summed E-state index contributed by atoms with van der Waals surface area (Å²) in [5.41, 5.74) is 0. The Balaban J connectivity index is 1.85. The lowest BCUT2D eigenvalue weighted by molar-refractivity contribution is 0.0735. The van der Waals surface area contributed by atoms with Crippen LogP contribution in [0.3, 0.4) is 0 Å². The molecule has 1 saturated heterocycles. The van der Waals surface area contributed by atoms with E-state index >= 15 is 0 Å². The predicted octanol–water partition coefficient (Wildman–Crippen LogP) is -0.0668. The van der Waals surface area contributed by atoms with Gasteiger partial charge in [-0.2, -0.15) is 4.98 Å². The van der Waals surface area contributed by atoms with Crippen LogP contribution >= 0.6 is 0 Å². The Hall–Kier alpha value is -1.67. The Morgan fingerprint density at radius 2 is 2.37 bits per heavy atom. The van der Waals surface area contributed by atoms with Gasteiger partial charge in [-0.3, -0.25) is 0 Å². The van der Waals surface area contributed by atoms with Crippen LogP contribution in [0.1, 0.15) is 11.7 Å². The van der Waals surface area contributed by atoms with Gasteiger partial charge in [-0.15, -0.1) is 0 Å². The van der Waals surface area contributed by atoms with Gasteiger partial charge in [0.15, 0.2) is 5.82 Å². The van der Waals surface area contributed by atoms with Gasteiger partial charge in [0.05, 0.1) is 19.3 Å². The van der Waals surface area contributed by atoms with Crippen molar-refractivity contribution < 1.29 is 18.8 Å². The summed E-state index contributed by atoms with van der Waals surface area (Å²) in [4.78, 5) is 17.5. The van der Waals surface area contributed by atoms with E-state index in [1.165, 1.54) is 4.90 Å². The van der Waals surface area contributed by atoms with Crippen molar-refractivity contribution >= 4 is 6.03 Å². The van der Waals surface area contributed by atoms with E-state index in [9.17, 15) is 4.79 Å². The maximum absolute atomic E-state index is 12.0. The third-order valence-electron chi connectivity index (χ3n) is 2.93. The molecule has 0 aliphatic carbocycles. The number of carbonyl (C=O) groups excluding carboxylic acids is 1. The lowest BCUT2D eigenvalue weighted by atomic mass is 10.2. The topological polar surface area (TPSA) is 89.7 Å². The number of rotatable bonds is 4. The van der Waals surface area contributed by atoms with Crippen molar-refractivity contribution in [2.75, 3.05) is 27.4 Å². The fourth-order valence-electron chi connectivity index (χ4n) is 1.85. The molecule has 1 aliphatic rings. The number of aromatic nitrogens is 2. The molecule has 2 heterocycles. The number of hydrogen-bond donors (Lipinski definition) is 1. The SMILES string of the molecule is CO[C@H]1COC[C@@H]1NC(=O)N(C)Cc1nc(C)no1. The van der Waals surface area contributed by atoms with E-state index in [1.54, 1.807) is 21.1 Å². The van der Waals surface area contributed by atoms with E-state index in [0.717, 1.165) is 0 Å². The Morgan fingerprint density at radius 1 is 1.58 bits per heavy atom. The molecule has 8 heteroatoms. The van der Waals surface area contributed by atoms with E-state index < -0.39 is 0 Å². The minimum atomic E-state index is -0.228. The smallest absolute Gasteiger partial charge is 0.317 e. The van der Waals surface area contributed by atoms with Crippen molar-refractivity contribution in [3.05, 3.63) is 11.7 Å². The summed E-state index contributed by atoms with van der Waals surface area (Å²) in [6, 6.07) is -0.363. The number of carbonyl (C=O) groups is 1. The van der Waals surface area contributed by atoms with Crippen LogP contribution in [-0.4, -0.2) is 60.6 Å². The fraction of sp³-hybridized carbons (Fsp3) is 0.727. The maximum atomic E-state index is 12.0. The minimum absolute atomic E-state index is 0.108. The highest BCUT2D eigenvalue weighted by Crippen LogP contribution is 2.09. The summed E-state index contributed by atoms with van der Waals surface area (Å²) in [6.45, 7) is 2.94. The van der Waals surface area contributed by atoms with Gasteiger partial charge in [-0.05, 0) is 6.92 Å². The highest BCUT2D eigenvalue weighted by atomic mass is 16.5. The van der Waals surface area contributed by atoms with Crippen molar-refractivity contribution in [1.82, 2.24) is 20.4 Å². The van der Waals surface area contributed by atoms with Crippen molar-refractivity contribution in [3.63, 3.8) is 0 Å². The Kier molecular flexibility index (Phi) is 4.33. The van der Waals surface area contributed by atoms with Crippen LogP contribution in [0, 0.1) is 6.92 Å². The molecule has 8 nitrogen and oxygen atoms in total. The number of aryl methyl sites for hydroxylation is 1. The molecule has 106 valence electrons. The van der Waals surface area contributed by atoms with Gasteiger partial charge < -0.3 is 24.2 Å². The second-order valence-corrected chi connectivity index (χ2v) is 4.46. The van der Waals surface area contributed by atoms with Crippen molar-refractivity contribution in [2.24, 2.45) is 0 Å². The molecular formula is C11H18N4O4. The number of ether oxygens (including phenoxy) is 2. The number of urea groups is 1. The zero-order chi connectivity index (χ0) is 13.8. The molecule has 0 bridgehead atoms. The predicted molar refractivity (Wildman–Crippen MR) is 64.4 cm³/mol. The molecule has 0 spiro atoms. The minimum Gasteiger partial charge on any atom is -0.377 e. The molecule has 2 atom stereocenters. The van der Waals surface area contributed by atoms with Gasteiger partial charge in [-0.1, -0.05) is 5.16 Å². The first-order valence-corrected chi connectivity index (χ1v) is 6.01. The normalized spacial score (nSPS) is 22.5. The molecule has 1 aromatic rings. The second-order valence-electron chi connectivity index (χ2n) is 4.46. The molecule has 2 amide bonds. The summed E-state index contributed by atoms with van der Waals surface area (Å²) < 4.78 is 15.5. The molecule has 0 saturated carbocycles. The monoisotopic (exact) mass is 270 g/mol. The molecular weight excluding hydrogens is 252 g/mol. The van der Waals surface area contributed by atoms with Crippen LogP contribution in [0.15, 0.2) is 4.52 Å². The average Bonchev–Trinajstić information content (AvgIpc) is 2.98. The standard InChI is InChI=1S/C11H18N4O4/c1-7-12-10(19-14-7)4-15(2)11(16)13-8-5-18-6-9(8)17-3/h8-9H,4-6H2,1-3H3,(H,13,16)/t8-,9-/m0/s1. The number of methoxy groups -OCH3 is 1. The molecule has 19 heavy (non-hydrogen) atoms. The summed E-state index contributed by atoms with van der Waals surface area (Å²) in [6.07, 6.45) is -0.108. The Labute approximate surface area is 111 Å². The Bertz CT molecular complexity index is 436. The van der Waals surface area contributed by atoms with E-state index in [-0.39, 0.29) is 24.7 Å². The van der Waals surface area contributed by atoms with E-state index in [2.05, 4.69) is 15.5 Å². The van der Waals surface area contributed by atoms with Gasteiger partial charge in [0, 0.05) is 14.2 Å². The van der Waals surface area contributed by atoms with Crippen LogP contribution < -0.4 is 5.32 Å². The third-order valence-corrected chi connectivity index (χ3v) is 2.93.